The zero-order valence-corrected chi connectivity index (χ0v) is 10.5. The standard InChI is InChI=1S/C12H20N2O3/c1-13-6-3-7-14(9-4-5-9)10(12(13)16)8-11(15)17-2/h9-10H,3-8H2,1-2H3. The number of carbonyl (C=O) groups excluding carboxylic acids is 2. The second-order valence-corrected chi connectivity index (χ2v) is 4.88. The Kier molecular flexibility index (Phi) is 3.66. The number of carbonyl (C=O) groups is 2. The van der Waals surface area contributed by atoms with Crippen LogP contribution in [-0.2, 0) is 14.3 Å². The van der Waals surface area contributed by atoms with Crippen molar-refractivity contribution in [2.45, 2.75) is 37.8 Å². The minimum atomic E-state index is -0.317. The molecule has 1 amide bonds. The summed E-state index contributed by atoms with van der Waals surface area (Å²) in [7, 11) is 3.18. The number of amides is 1. The monoisotopic (exact) mass is 240 g/mol. The highest BCUT2D eigenvalue weighted by Gasteiger charge is 2.40. The molecule has 0 N–H and O–H groups in total. The number of hydrogen-bond acceptors (Lipinski definition) is 4. The number of likely N-dealkylation sites (N-methyl/N-ethyl adjacent to an activating group) is 1. The first kappa shape index (κ1) is 12.4. The molecule has 1 saturated heterocycles. The number of ether oxygens (including phenoxy) is 1. The Balaban J connectivity index is 2.11. The molecule has 5 nitrogen and oxygen atoms in total. The number of nitrogens with zero attached hydrogens (tertiary/aromatic N) is 2. The summed E-state index contributed by atoms with van der Waals surface area (Å²) < 4.78 is 4.69. The van der Waals surface area contributed by atoms with Crippen LogP contribution in [0.4, 0.5) is 0 Å². The van der Waals surface area contributed by atoms with E-state index in [0.717, 1.165) is 32.4 Å². The smallest absolute Gasteiger partial charge is 0.307 e. The molecule has 0 radical (unpaired) electrons. The van der Waals surface area contributed by atoms with E-state index in [2.05, 4.69) is 9.64 Å². The molecule has 0 aromatic heterocycles. The van der Waals surface area contributed by atoms with E-state index >= 15 is 0 Å². The lowest BCUT2D eigenvalue weighted by molar-refractivity contribution is -0.146. The van der Waals surface area contributed by atoms with Gasteiger partial charge < -0.3 is 9.64 Å². The zero-order valence-electron chi connectivity index (χ0n) is 10.5. The highest BCUT2D eigenvalue weighted by atomic mass is 16.5. The largest absolute Gasteiger partial charge is 0.469 e. The fraction of sp³-hybridized carbons (Fsp3) is 0.833. The van der Waals surface area contributed by atoms with Gasteiger partial charge in [0.25, 0.3) is 0 Å². The first-order valence-corrected chi connectivity index (χ1v) is 6.21. The summed E-state index contributed by atoms with van der Waals surface area (Å²) in [6.45, 7) is 1.68. The molecule has 0 bridgehead atoms. The van der Waals surface area contributed by atoms with Crippen LogP contribution >= 0.6 is 0 Å². The Morgan fingerprint density at radius 3 is 2.71 bits per heavy atom. The predicted octanol–water partition coefficient (Wildman–Crippen LogP) is 0.245. The lowest BCUT2D eigenvalue weighted by Gasteiger charge is -2.28. The summed E-state index contributed by atoms with van der Waals surface area (Å²) in [5, 5.41) is 0. The minimum absolute atomic E-state index is 0.0554. The van der Waals surface area contributed by atoms with Gasteiger partial charge in [-0.2, -0.15) is 0 Å². The van der Waals surface area contributed by atoms with Crippen LogP contribution in [0, 0.1) is 0 Å². The van der Waals surface area contributed by atoms with Gasteiger partial charge in [-0.25, -0.2) is 0 Å². The summed E-state index contributed by atoms with van der Waals surface area (Å²) in [5.74, 6) is -0.246. The Hall–Kier alpha value is -1.10. The van der Waals surface area contributed by atoms with E-state index in [-0.39, 0.29) is 24.3 Å². The topological polar surface area (TPSA) is 49.9 Å². The van der Waals surface area contributed by atoms with Crippen molar-refractivity contribution < 1.29 is 14.3 Å². The molecular weight excluding hydrogens is 220 g/mol. The molecule has 0 aromatic rings. The Bertz CT molecular complexity index is 315. The van der Waals surface area contributed by atoms with E-state index in [0.29, 0.717) is 6.04 Å². The fourth-order valence-corrected chi connectivity index (χ4v) is 2.44. The highest BCUT2D eigenvalue weighted by molar-refractivity contribution is 5.86. The molecule has 2 fully saturated rings. The van der Waals surface area contributed by atoms with Crippen molar-refractivity contribution in [3.05, 3.63) is 0 Å². The van der Waals surface area contributed by atoms with Gasteiger partial charge in [-0.15, -0.1) is 0 Å². The van der Waals surface area contributed by atoms with Crippen molar-refractivity contribution in [2.75, 3.05) is 27.2 Å². The number of hydrogen-bond donors (Lipinski definition) is 0. The first-order chi connectivity index (χ1) is 8.13. The molecule has 0 spiro atoms. The molecule has 2 rings (SSSR count). The molecular formula is C12H20N2O3. The highest BCUT2D eigenvalue weighted by Crippen LogP contribution is 2.31. The van der Waals surface area contributed by atoms with Gasteiger partial charge in [0.15, 0.2) is 0 Å². The SMILES string of the molecule is COC(=O)CC1C(=O)N(C)CCCN1C1CC1. The normalized spacial score (nSPS) is 26.8. The van der Waals surface area contributed by atoms with Crippen molar-refractivity contribution in [3.63, 3.8) is 0 Å². The maximum absolute atomic E-state index is 12.2. The number of methoxy groups -OCH3 is 1. The average molecular weight is 240 g/mol. The molecule has 1 unspecified atom stereocenters. The molecule has 96 valence electrons. The lowest BCUT2D eigenvalue weighted by atomic mass is 10.1. The Labute approximate surface area is 102 Å². The summed E-state index contributed by atoms with van der Waals surface area (Å²) in [5.41, 5.74) is 0. The van der Waals surface area contributed by atoms with E-state index < -0.39 is 0 Å². The summed E-state index contributed by atoms with van der Waals surface area (Å²) in [4.78, 5) is 27.6. The molecule has 0 aromatic carbocycles. The lowest BCUT2D eigenvalue weighted by Crippen LogP contribution is -2.47. The molecule has 1 heterocycles. The average Bonchev–Trinajstić information content (AvgIpc) is 3.14. The maximum atomic E-state index is 12.2. The van der Waals surface area contributed by atoms with E-state index in [4.69, 9.17) is 0 Å². The summed E-state index contributed by atoms with van der Waals surface area (Å²) in [6.07, 6.45) is 3.45. The van der Waals surface area contributed by atoms with Crippen LogP contribution in [-0.4, -0.2) is 61.0 Å². The summed E-state index contributed by atoms with van der Waals surface area (Å²) in [6, 6.07) is 0.183. The van der Waals surface area contributed by atoms with E-state index in [9.17, 15) is 9.59 Å². The Morgan fingerprint density at radius 2 is 2.12 bits per heavy atom. The van der Waals surface area contributed by atoms with Crippen molar-refractivity contribution in [1.82, 2.24) is 9.80 Å². The van der Waals surface area contributed by atoms with Crippen LogP contribution in [0.25, 0.3) is 0 Å². The molecule has 1 aliphatic heterocycles. The van der Waals surface area contributed by atoms with Gasteiger partial charge in [0.1, 0.15) is 6.04 Å². The maximum Gasteiger partial charge on any atom is 0.307 e. The molecule has 1 aliphatic carbocycles. The van der Waals surface area contributed by atoms with E-state index in [1.165, 1.54) is 7.11 Å². The van der Waals surface area contributed by atoms with E-state index in [1.54, 1.807) is 4.90 Å². The minimum Gasteiger partial charge on any atom is -0.469 e. The van der Waals surface area contributed by atoms with Crippen LogP contribution in [0.2, 0.25) is 0 Å². The van der Waals surface area contributed by atoms with Crippen LogP contribution in [0.3, 0.4) is 0 Å². The second kappa shape index (κ2) is 5.04. The van der Waals surface area contributed by atoms with Crippen molar-refractivity contribution in [1.29, 1.82) is 0 Å². The molecule has 1 atom stereocenters. The van der Waals surface area contributed by atoms with Crippen molar-refractivity contribution in [3.8, 4) is 0 Å². The summed E-state index contributed by atoms with van der Waals surface area (Å²) >= 11 is 0. The first-order valence-electron chi connectivity index (χ1n) is 6.21. The van der Waals surface area contributed by atoms with Gasteiger partial charge in [0.2, 0.25) is 5.91 Å². The second-order valence-electron chi connectivity index (χ2n) is 4.88. The fourth-order valence-electron chi connectivity index (χ4n) is 2.44. The molecule has 2 aliphatic rings. The third kappa shape index (κ3) is 2.77. The van der Waals surface area contributed by atoms with Gasteiger partial charge >= 0.3 is 5.97 Å². The molecule has 1 saturated carbocycles. The van der Waals surface area contributed by atoms with Gasteiger partial charge in [0, 0.05) is 26.2 Å². The third-order valence-electron chi connectivity index (χ3n) is 3.58. The number of rotatable bonds is 3. The van der Waals surface area contributed by atoms with Gasteiger partial charge in [-0.3, -0.25) is 14.5 Å². The quantitative estimate of drug-likeness (QED) is 0.663. The molecule has 17 heavy (non-hydrogen) atoms. The Morgan fingerprint density at radius 1 is 1.41 bits per heavy atom. The molecule has 5 heteroatoms. The van der Waals surface area contributed by atoms with Gasteiger partial charge in [0.05, 0.1) is 13.5 Å². The number of esters is 1. The van der Waals surface area contributed by atoms with Crippen LogP contribution < -0.4 is 0 Å². The third-order valence-corrected chi connectivity index (χ3v) is 3.58. The van der Waals surface area contributed by atoms with Crippen LogP contribution in [0.5, 0.6) is 0 Å². The zero-order chi connectivity index (χ0) is 12.4. The predicted molar refractivity (Wildman–Crippen MR) is 62.4 cm³/mol. The van der Waals surface area contributed by atoms with Crippen LogP contribution in [0.1, 0.15) is 25.7 Å². The van der Waals surface area contributed by atoms with Gasteiger partial charge in [-0.1, -0.05) is 0 Å². The van der Waals surface area contributed by atoms with Crippen LogP contribution in [0.15, 0.2) is 0 Å². The van der Waals surface area contributed by atoms with E-state index in [1.807, 2.05) is 7.05 Å². The van der Waals surface area contributed by atoms with Crippen molar-refractivity contribution in [2.24, 2.45) is 0 Å². The van der Waals surface area contributed by atoms with Crippen molar-refractivity contribution >= 4 is 11.9 Å². The van der Waals surface area contributed by atoms with Gasteiger partial charge in [-0.05, 0) is 19.3 Å².